The van der Waals surface area contributed by atoms with E-state index in [0.717, 1.165) is 12.5 Å². The number of aliphatic hydroxyl groups excluding tert-OH is 1. The molecule has 0 saturated heterocycles. The van der Waals surface area contributed by atoms with Gasteiger partial charge in [-0.05, 0) is 31.0 Å². The highest BCUT2D eigenvalue weighted by molar-refractivity contribution is 5.21. The first-order chi connectivity index (χ1) is 7.56. The standard InChI is InChI=1S/C12H17F2NO/c1-3-12(7-16)15-8(2)9-4-10(13)6-11(14)5-9/h4-6,8,12,15-16H,3,7H2,1-2H3/t8?,12-/m0/s1. The molecule has 2 N–H and O–H groups in total. The number of rotatable bonds is 5. The molecule has 0 aliphatic heterocycles. The molecule has 0 aromatic heterocycles. The van der Waals surface area contributed by atoms with Crippen LogP contribution >= 0.6 is 0 Å². The highest BCUT2D eigenvalue weighted by Crippen LogP contribution is 2.16. The zero-order valence-electron chi connectivity index (χ0n) is 9.50. The summed E-state index contributed by atoms with van der Waals surface area (Å²) in [5.74, 6) is -1.17. The average Bonchev–Trinajstić information content (AvgIpc) is 2.24. The lowest BCUT2D eigenvalue weighted by atomic mass is 10.1. The Morgan fingerprint density at radius 2 is 1.81 bits per heavy atom. The van der Waals surface area contributed by atoms with Crippen LogP contribution in [0.5, 0.6) is 0 Å². The average molecular weight is 229 g/mol. The second kappa shape index (κ2) is 5.92. The summed E-state index contributed by atoms with van der Waals surface area (Å²) in [7, 11) is 0. The van der Waals surface area contributed by atoms with Crippen LogP contribution in [0.1, 0.15) is 31.9 Å². The molecule has 16 heavy (non-hydrogen) atoms. The highest BCUT2D eigenvalue weighted by Gasteiger charge is 2.12. The van der Waals surface area contributed by atoms with Gasteiger partial charge in [0.15, 0.2) is 0 Å². The van der Waals surface area contributed by atoms with E-state index in [9.17, 15) is 8.78 Å². The zero-order chi connectivity index (χ0) is 12.1. The van der Waals surface area contributed by atoms with E-state index in [1.807, 2.05) is 13.8 Å². The molecule has 0 radical (unpaired) electrons. The van der Waals surface area contributed by atoms with Crippen molar-refractivity contribution in [3.05, 3.63) is 35.4 Å². The molecule has 0 saturated carbocycles. The third-order valence-electron chi connectivity index (χ3n) is 2.58. The third kappa shape index (κ3) is 3.54. The first-order valence-corrected chi connectivity index (χ1v) is 5.39. The normalized spacial score (nSPS) is 14.8. The topological polar surface area (TPSA) is 32.3 Å². The Labute approximate surface area is 94.3 Å². The minimum atomic E-state index is -0.583. The molecule has 0 amide bonds. The van der Waals surface area contributed by atoms with E-state index in [-0.39, 0.29) is 18.7 Å². The van der Waals surface area contributed by atoms with Crippen LogP contribution in [0.4, 0.5) is 8.78 Å². The Morgan fingerprint density at radius 3 is 2.25 bits per heavy atom. The van der Waals surface area contributed by atoms with Gasteiger partial charge in [0.2, 0.25) is 0 Å². The quantitative estimate of drug-likeness (QED) is 0.812. The molecule has 0 bridgehead atoms. The molecule has 0 aliphatic rings. The number of hydrogen-bond acceptors (Lipinski definition) is 2. The van der Waals surface area contributed by atoms with Crippen molar-refractivity contribution in [1.82, 2.24) is 5.32 Å². The van der Waals surface area contributed by atoms with Crippen LogP contribution in [-0.2, 0) is 0 Å². The Balaban J connectivity index is 2.75. The molecule has 4 heteroatoms. The maximum atomic E-state index is 13.0. The van der Waals surface area contributed by atoms with E-state index in [0.29, 0.717) is 5.56 Å². The first kappa shape index (κ1) is 13.1. The fraction of sp³-hybridized carbons (Fsp3) is 0.500. The van der Waals surface area contributed by atoms with Gasteiger partial charge in [0.05, 0.1) is 6.61 Å². The number of nitrogens with one attached hydrogen (secondary N) is 1. The monoisotopic (exact) mass is 229 g/mol. The summed E-state index contributed by atoms with van der Waals surface area (Å²) >= 11 is 0. The van der Waals surface area contributed by atoms with Crippen LogP contribution in [0, 0.1) is 11.6 Å². The molecule has 1 aromatic rings. The van der Waals surface area contributed by atoms with Crippen molar-refractivity contribution in [2.45, 2.75) is 32.4 Å². The van der Waals surface area contributed by atoms with Gasteiger partial charge in [0, 0.05) is 18.2 Å². The summed E-state index contributed by atoms with van der Waals surface area (Å²) in [5, 5.41) is 12.1. The van der Waals surface area contributed by atoms with Crippen molar-refractivity contribution in [3.8, 4) is 0 Å². The van der Waals surface area contributed by atoms with E-state index >= 15 is 0 Å². The fourth-order valence-corrected chi connectivity index (χ4v) is 1.57. The molecule has 90 valence electrons. The van der Waals surface area contributed by atoms with E-state index in [4.69, 9.17) is 5.11 Å². The molecule has 0 fully saturated rings. The van der Waals surface area contributed by atoms with E-state index in [1.165, 1.54) is 12.1 Å². The van der Waals surface area contributed by atoms with Crippen molar-refractivity contribution in [3.63, 3.8) is 0 Å². The lowest BCUT2D eigenvalue weighted by Crippen LogP contribution is -2.33. The van der Waals surface area contributed by atoms with Gasteiger partial charge in [-0.3, -0.25) is 0 Å². The predicted octanol–water partition coefficient (Wildman–Crippen LogP) is 2.39. The lowest BCUT2D eigenvalue weighted by Gasteiger charge is -2.20. The molecular weight excluding hydrogens is 212 g/mol. The second-order valence-corrected chi connectivity index (χ2v) is 3.88. The smallest absolute Gasteiger partial charge is 0.126 e. The van der Waals surface area contributed by atoms with Crippen LogP contribution < -0.4 is 5.32 Å². The molecule has 2 nitrogen and oxygen atoms in total. The van der Waals surface area contributed by atoms with Gasteiger partial charge in [0.1, 0.15) is 11.6 Å². The van der Waals surface area contributed by atoms with Crippen LogP contribution in [0.25, 0.3) is 0 Å². The summed E-state index contributed by atoms with van der Waals surface area (Å²) in [6, 6.07) is 3.19. The first-order valence-electron chi connectivity index (χ1n) is 5.39. The predicted molar refractivity (Wildman–Crippen MR) is 59.1 cm³/mol. The summed E-state index contributed by atoms with van der Waals surface area (Å²) in [6.07, 6.45) is 0.763. The van der Waals surface area contributed by atoms with Gasteiger partial charge >= 0.3 is 0 Å². The second-order valence-electron chi connectivity index (χ2n) is 3.88. The fourth-order valence-electron chi connectivity index (χ4n) is 1.57. The molecular formula is C12H17F2NO. The Kier molecular flexibility index (Phi) is 4.83. The summed E-state index contributed by atoms with van der Waals surface area (Å²) < 4.78 is 25.9. The van der Waals surface area contributed by atoms with E-state index < -0.39 is 11.6 Å². The van der Waals surface area contributed by atoms with Crippen molar-refractivity contribution in [1.29, 1.82) is 0 Å². The minimum Gasteiger partial charge on any atom is -0.395 e. The van der Waals surface area contributed by atoms with Gasteiger partial charge in [-0.2, -0.15) is 0 Å². The third-order valence-corrected chi connectivity index (χ3v) is 2.58. The Morgan fingerprint density at radius 1 is 1.25 bits per heavy atom. The Bertz CT molecular complexity index is 320. The lowest BCUT2D eigenvalue weighted by molar-refractivity contribution is 0.230. The molecule has 0 aliphatic carbocycles. The number of halogens is 2. The van der Waals surface area contributed by atoms with Crippen LogP contribution in [0.15, 0.2) is 18.2 Å². The van der Waals surface area contributed by atoms with Gasteiger partial charge < -0.3 is 10.4 Å². The summed E-state index contributed by atoms with van der Waals surface area (Å²) in [5.41, 5.74) is 0.546. The Hall–Kier alpha value is -1.00. The molecule has 1 unspecified atom stereocenters. The molecule has 2 atom stereocenters. The SMILES string of the molecule is CC[C@@H](CO)NC(C)c1cc(F)cc(F)c1. The van der Waals surface area contributed by atoms with Gasteiger partial charge in [0.25, 0.3) is 0 Å². The molecule has 1 rings (SSSR count). The number of benzene rings is 1. The van der Waals surface area contributed by atoms with Crippen LogP contribution in [-0.4, -0.2) is 17.8 Å². The van der Waals surface area contributed by atoms with Gasteiger partial charge in [-0.1, -0.05) is 6.92 Å². The van der Waals surface area contributed by atoms with Crippen LogP contribution in [0.3, 0.4) is 0 Å². The maximum absolute atomic E-state index is 13.0. The van der Waals surface area contributed by atoms with E-state index in [2.05, 4.69) is 5.32 Å². The van der Waals surface area contributed by atoms with Crippen molar-refractivity contribution >= 4 is 0 Å². The minimum absolute atomic E-state index is 0.0125. The summed E-state index contributed by atoms with van der Waals surface area (Å²) in [6.45, 7) is 3.76. The molecule has 0 heterocycles. The van der Waals surface area contributed by atoms with Crippen LogP contribution in [0.2, 0.25) is 0 Å². The highest BCUT2D eigenvalue weighted by atomic mass is 19.1. The zero-order valence-corrected chi connectivity index (χ0v) is 9.50. The summed E-state index contributed by atoms with van der Waals surface area (Å²) in [4.78, 5) is 0. The maximum Gasteiger partial charge on any atom is 0.126 e. The molecule has 0 spiro atoms. The largest absolute Gasteiger partial charge is 0.395 e. The number of aliphatic hydroxyl groups is 1. The number of hydrogen-bond donors (Lipinski definition) is 2. The van der Waals surface area contributed by atoms with Crippen molar-refractivity contribution < 1.29 is 13.9 Å². The van der Waals surface area contributed by atoms with Gasteiger partial charge in [-0.15, -0.1) is 0 Å². The molecule has 1 aromatic carbocycles. The van der Waals surface area contributed by atoms with Crippen molar-refractivity contribution in [2.24, 2.45) is 0 Å². The van der Waals surface area contributed by atoms with Gasteiger partial charge in [-0.25, -0.2) is 8.78 Å². The van der Waals surface area contributed by atoms with E-state index in [1.54, 1.807) is 0 Å². The van der Waals surface area contributed by atoms with Crippen molar-refractivity contribution in [2.75, 3.05) is 6.61 Å².